The molecule has 2 aliphatic heterocycles. The Labute approximate surface area is 176 Å². The number of rotatable bonds is 5. The molecule has 0 N–H and O–H groups in total. The first-order chi connectivity index (χ1) is 14.0. The lowest BCUT2D eigenvalue weighted by atomic mass is 9.92. The van der Waals surface area contributed by atoms with Crippen molar-refractivity contribution >= 4 is 34.6 Å². The predicted molar refractivity (Wildman–Crippen MR) is 116 cm³/mol. The maximum absolute atomic E-state index is 13.1. The number of para-hydroxylation sites is 2. The maximum Gasteiger partial charge on any atom is 0.242 e. The van der Waals surface area contributed by atoms with E-state index in [0.29, 0.717) is 17.6 Å². The first kappa shape index (κ1) is 20.3. The van der Waals surface area contributed by atoms with E-state index in [1.54, 1.807) is 0 Å². The fourth-order valence-corrected chi connectivity index (χ4v) is 5.52. The third-order valence-corrected chi connectivity index (χ3v) is 6.88. The molecule has 2 aliphatic rings. The summed E-state index contributed by atoms with van der Waals surface area (Å²) in [5.74, 6) is 1.74. The Kier molecular flexibility index (Phi) is 6.13. The van der Waals surface area contributed by atoms with Crippen molar-refractivity contribution in [2.24, 2.45) is 11.8 Å². The molecule has 7 heteroatoms. The van der Waals surface area contributed by atoms with Gasteiger partial charge in [-0.3, -0.25) is 9.59 Å². The molecular weight excluding hydrogens is 384 g/mol. The quantitative estimate of drug-likeness (QED) is 0.705. The maximum atomic E-state index is 13.1. The summed E-state index contributed by atoms with van der Waals surface area (Å²) in [6, 6.07) is 7.90. The Morgan fingerprint density at radius 2 is 1.72 bits per heavy atom. The van der Waals surface area contributed by atoms with Crippen LogP contribution in [-0.4, -0.2) is 63.1 Å². The van der Waals surface area contributed by atoms with Crippen LogP contribution in [0.4, 0.5) is 0 Å². The van der Waals surface area contributed by atoms with E-state index < -0.39 is 0 Å². The molecule has 0 spiro atoms. The standard InChI is InChI=1S/C22H30N4O2S/c1-16-11-17(2)13-25(12-16)20(27)14-26-19-8-4-3-7-18(19)23-22(26)29-15-21(28)24-9-5-6-10-24/h3-4,7-8,16-17H,5-6,9-15H2,1-2H3/t16-,17-/m0/s1. The molecule has 0 aliphatic carbocycles. The molecule has 1 aromatic heterocycles. The monoisotopic (exact) mass is 414 g/mol. The summed E-state index contributed by atoms with van der Waals surface area (Å²) < 4.78 is 1.99. The van der Waals surface area contributed by atoms with Crippen LogP contribution in [0.15, 0.2) is 29.4 Å². The van der Waals surface area contributed by atoms with Gasteiger partial charge in [0, 0.05) is 26.2 Å². The lowest BCUT2D eigenvalue weighted by Crippen LogP contribution is -2.44. The smallest absolute Gasteiger partial charge is 0.242 e. The summed E-state index contributed by atoms with van der Waals surface area (Å²) >= 11 is 1.45. The first-order valence-corrected chi connectivity index (χ1v) is 11.6. The van der Waals surface area contributed by atoms with Crippen molar-refractivity contribution < 1.29 is 9.59 Å². The third-order valence-electron chi connectivity index (χ3n) is 5.92. The third kappa shape index (κ3) is 4.60. The van der Waals surface area contributed by atoms with E-state index in [2.05, 4.69) is 13.8 Å². The highest BCUT2D eigenvalue weighted by molar-refractivity contribution is 7.99. The van der Waals surface area contributed by atoms with Crippen molar-refractivity contribution in [3.05, 3.63) is 24.3 Å². The Balaban J connectivity index is 1.51. The van der Waals surface area contributed by atoms with Crippen LogP contribution in [0.2, 0.25) is 0 Å². The predicted octanol–water partition coefficient (Wildman–Crippen LogP) is 3.26. The number of carbonyl (C=O) groups excluding carboxylic acids is 2. The summed E-state index contributed by atoms with van der Waals surface area (Å²) in [5.41, 5.74) is 1.83. The van der Waals surface area contributed by atoms with Crippen LogP contribution in [0.25, 0.3) is 11.0 Å². The van der Waals surface area contributed by atoms with Crippen molar-refractivity contribution in [3.63, 3.8) is 0 Å². The van der Waals surface area contributed by atoms with Crippen molar-refractivity contribution in [2.45, 2.75) is 44.8 Å². The van der Waals surface area contributed by atoms with Gasteiger partial charge in [-0.1, -0.05) is 37.7 Å². The lowest BCUT2D eigenvalue weighted by Gasteiger charge is -2.35. The Bertz CT molecular complexity index is 880. The number of benzene rings is 1. The Morgan fingerprint density at radius 3 is 2.45 bits per heavy atom. The molecule has 0 unspecified atom stereocenters. The number of piperidine rings is 1. The van der Waals surface area contributed by atoms with Crippen LogP contribution in [0, 0.1) is 11.8 Å². The molecule has 29 heavy (non-hydrogen) atoms. The minimum atomic E-state index is 0.138. The van der Waals surface area contributed by atoms with Gasteiger partial charge in [-0.25, -0.2) is 4.98 Å². The zero-order valence-corrected chi connectivity index (χ0v) is 18.2. The zero-order valence-electron chi connectivity index (χ0n) is 17.3. The second kappa shape index (κ2) is 8.78. The Morgan fingerprint density at radius 1 is 1.03 bits per heavy atom. The minimum Gasteiger partial charge on any atom is -0.342 e. The van der Waals surface area contributed by atoms with Crippen LogP contribution in [0.3, 0.4) is 0 Å². The van der Waals surface area contributed by atoms with Gasteiger partial charge in [0.05, 0.1) is 16.8 Å². The number of imidazole rings is 1. The molecule has 2 aromatic rings. The lowest BCUT2D eigenvalue weighted by molar-refractivity contribution is -0.134. The van der Waals surface area contributed by atoms with E-state index >= 15 is 0 Å². The van der Waals surface area contributed by atoms with Crippen molar-refractivity contribution in [2.75, 3.05) is 31.9 Å². The normalized spacial score (nSPS) is 22.4. The van der Waals surface area contributed by atoms with Gasteiger partial charge in [-0.05, 0) is 43.2 Å². The summed E-state index contributed by atoms with van der Waals surface area (Å²) in [6.07, 6.45) is 3.36. The average Bonchev–Trinajstić information content (AvgIpc) is 3.34. The highest BCUT2D eigenvalue weighted by Gasteiger charge is 2.27. The van der Waals surface area contributed by atoms with E-state index in [-0.39, 0.29) is 18.4 Å². The van der Waals surface area contributed by atoms with Crippen LogP contribution >= 0.6 is 11.8 Å². The summed E-state index contributed by atoms with van der Waals surface area (Å²) in [6.45, 7) is 8.08. The highest BCUT2D eigenvalue weighted by atomic mass is 32.2. The van der Waals surface area contributed by atoms with E-state index in [4.69, 9.17) is 4.98 Å². The molecule has 6 nitrogen and oxygen atoms in total. The van der Waals surface area contributed by atoms with E-state index in [1.165, 1.54) is 18.2 Å². The average molecular weight is 415 g/mol. The number of hydrogen-bond acceptors (Lipinski definition) is 4. The van der Waals surface area contributed by atoms with Gasteiger partial charge in [0.1, 0.15) is 6.54 Å². The number of amides is 2. The van der Waals surface area contributed by atoms with Crippen LogP contribution in [0.1, 0.15) is 33.1 Å². The molecule has 3 heterocycles. The van der Waals surface area contributed by atoms with E-state index in [9.17, 15) is 9.59 Å². The summed E-state index contributed by atoms with van der Waals surface area (Å²) in [7, 11) is 0. The van der Waals surface area contributed by atoms with E-state index in [1.807, 2.05) is 38.6 Å². The highest BCUT2D eigenvalue weighted by Crippen LogP contribution is 2.26. The van der Waals surface area contributed by atoms with Gasteiger partial charge in [-0.15, -0.1) is 0 Å². The number of fused-ring (bicyclic) bond motifs is 1. The van der Waals surface area contributed by atoms with Gasteiger partial charge in [0.2, 0.25) is 11.8 Å². The molecular formula is C22H30N4O2S. The molecule has 4 rings (SSSR count). The molecule has 2 amide bonds. The fourth-order valence-electron chi connectivity index (χ4n) is 4.60. The molecule has 2 atom stereocenters. The van der Waals surface area contributed by atoms with Crippen molar-refractivity contribution in [1.29, 1.82) is 0 Å². The molecule has 0 bridgehead atoms. The second-order valence-corrected chi connectivity index (χ2v) is 9.53. The zero-order chi connectivity index (χ0) is 20.4. The number of likely N-dealkylation sites (tertiary alicyclic amines) is 2. The topological polar surface area (TPSA) is 58.4 Å². The van der Waals surface area contributed by atoms with Gasteiger partial charge >= 0.3 is 0 Å². The summed E-state index contributed by atoms with van der Waals surface area (Å²) in [4.78, 5) is 34.2. The number of carbonyl (C=O) groups is 2. The van der Waals surface area contributed by atoms with Gasteiger partial charge in [0.15, 0.2) is 5.16 Å². The number of nitrogens with zero attached hydrogens (tertiary/aromatic N) is 4. The summed E-state index contributed by atoms with van der Waals surface area (Å²) in [5, 5.41) is 0.755. The largest absolute Gasteiger partial charge is 0.342 e. The van der Waals surface area contributed by atoms with Crippen LogP contribution < -0.4 is 0 Å². The van der Waals surface area contributed by atoms with Gasteiger partial charge in [0.25, 0.3) is 0 Å². The minimum absolute atomic E-state index is 0.138. The molecule has 156 valence electrons. The van der Waals surface area contributed by atoms with Crippen molar-refractivity contribution in [1.82, 2.24) is 19.4 Å². The van der Waals surface area contributed by atoms with Crippen LogP contribution in [0.5, 0.6) is 0 Å². The first-order valence-electron chi connectivity index (χ1n) is 10.6. The SMILES string of the molecule is C[C@H]1C[C@H](C)CN(C(=O)Cn2c(SCC(=O)N3CCCC3)nc3ccccc32)C1. The Hall–Kier alpha value is -2.02. The van der Waals surface area contributed by atoms with Crippen LogP contribution in [-0.2, 0) is 16.1 Å². The fraction of sp³-hybridized carbons (Fsp3) is 0.591. The van der Waals surface area contributed by atoms with E-state index in [0.717, 1.165) is 55.2 Å². The molecule has 2 saturated heterocycles. The molecule has 2 fully saturated rings. The van der Waals surface area contributed by atoms with Gasteiger partial charge < -0.3 is 14.4 Å². The number of hydrogen-bond donors (Lipinski definition) is 0. The second-order valence-electron chi connectivity index (χ2n) is 8.59. The molecule has 1 aromatic carbocycles. The number of aromatic nitrogens is 2. The molecule has 0 radical (unpaired) electrons. The molecule has 0 saturated carbocycles. The number of thioether (sulfide) groups is 1. The van der Waals surface area contributed by atoms with Gasteiger partial charge in [-0.2, -0.15) is 0 Å². The van der Waals surface area contributed by atoms with Crippen molar-refractivity contribution in [3.8, 4) is 0 Å².